The van der Waals surface area contributed by atoms with Crippen molar-refractivity contribution in [1.82, 2.24) is 4.90 Å². The summed E-state index contributed by atoms with van der Waals surface area (Å²) in [5.74, 6) is -0.196. The lowest BCUT2D eigenvalue weighted by Gasteiger charge is -2.12. The third-order valence-corrected chi connectivity index (χ3v) is 2.05. The molecule has 92 valence electrons. The van der Waals surface area contributed by atoms with E-state index in [-0.39, 0.29) is 11.6 Å². The summed E-state index contributed by atoms with van der Waals surface area (Å²) in [6, 6.07) is 5.73. The van der Waals surface area contributed by atoms with E-state index in [4.69, 9.17) is 4.74 Å². The highest BCUT2D eigenvalue weighted by Crippen LogP contribution is 2.14. The van der Waals surface area contributed by atoms with Crippen LogP contribution in [0.15, 0.2) is 36.5 Å². The Kier molecular flexibility index (Phi) is 4.69. The molecular weight excluding hydrogens is 221 g/mol. The van der Waals surface area contributed by atoms with Crippen molar-refractivity contribution in [3.8, 4) is 5.75 Å². The lowest BCUT2D eigenvalue weighted by atomic mass is 10.2. The van der Waals surface area contributed by atoms with E-state index in [1.807, 2.05) is 14.1 Å². The van der Waals surface area contributed by atoms with Gasteiger partial charge in [0.15, 0.2) is 11.9 Å². The van der Waals surface area contributed by atoms with Gasteiger partial charge in [0.2, 0.25) is 0 Å². The fraction of sp³-hybridized carbons (Fsp3) is 0.308. The topological polar surface area (TPSA) is 29.5 Å². The predicted molar refractivity (Wildman–Crippen MR) is 64.3 cm³/mol. The Morgan fingerprint density at radius 2 is 2.18 bits per heavy atom. The molecular formula is C13H16FNO2. The fourth-order valence-corrected chi connectivity index (χ4v) is 1.16. The quantitative estimate of drug-likeness (QED) is 0.735. The zero-order chi connectivity index (χ0) is 12.8. The molecule has 4 heteroatoms. The SMILES string of the molecule is C[C@@H](Oc1cccc(F)c1)C(=O)C=CN(C)C. The first kappa shape index (κ1) is 13.2. The van der Waals surface area contributed by atoms with Crippen molar-refractivity contribution in [2.45, 2.75) is 13.0 Å². The van der Waals surface area contributed by atoms with Gasteiger partial charge in [-0.25, -0.2) is 4.39 Å². The molecule has 0 saturated heterocycles. The molecule has 0 heterocycles. The molecule has 0 aliphatic carbocycles. The molecule has 0 N–H and O–H groups in total. The number of halogens is 1. The molecule has 0 saturated carbocycles. The van der Waals surface area contributed by atoms with Crippen LogP contribution in [-0.2, 0) is 4.79 Å². The Labute approximate surface area is 100 Å². The van der Waals surface area contributed by atoms with Gasteiger partial charge in [0.05, 0.1) is 0 Å². The molecule has 0 spiro atoms. The van der Waals surface area contributed by atoms with Crippen molar-refractivity contribution in [3.05, 3.63) is 42.4 Å². The number of ether oxygens (including phenoxy) is 1. The van der Waals surface area contributed by atoms with Gasteiger partial charge < -0.3 is 9.64 Å². The number of carbonyl (C=O) groups excluding carboxylic acids is 1. The molecule has 0 radical (unpaired) electrons. The highest BCUT2D eigenvalue weighted by Gasteiger charge is 2.11. The van der Waals surface area contributed by atoms with Crippen molar-refractivity contribution in [1.29, 1.82) is 0 Å². The van der Waals surface area contributed by atoms with Crippen LogP contribution in [0.3, 0.4) is 0 Å². The molecule has 0 unspecified atom stereocenters. The molecule has 0 aliphatic rings. The Balaban J connectivity index is 2.60. The molecule has 1 aromatic carbocycles. The average molecular weight is 237 g/mol. The number of carbonyl (C=O) groups is 1. The number of ketones is 1. The molecule has 0 bridgehead atoms. The van der Waals surface area contributed by atoms with Crippen molar-refractivity contribution < 1.29 is 13.9 Å². The van der Waals surface area contributed by atoms with Gasteiger partial charge in [-0.1, -0.05) is 6.07 Å². The number of hydrogen-bond donors (Lipinski definition) is 0. The van der Waals surface area contributed by atoms with Crippen LogP contribution in [0.2, 0.25) is 0 Å². The van der Waals surface area contributed by atoms with E-state index < -0.39 is 6.10 Å². The molecule has 1 aromatic rings. The highest BCUT2D eigenvalue weighted by atomic mass is 19.1. The lowest BCUT2D eigenvalue weighted by molar-refractivity contribution is -0.120. The van der Waals surface area contributed by atoms with Crippen LogP contribution in [0.1, 0.15) is 6.92 Å². The third-order valence-electron chi connectivity index (χ3n) is 2.05. The van der Waals surface area contributed by atoms with E-state index in [1.54, 1.807) is 24.1 Å². The first-order valence-corrected chi connectivity index (χ1v) is 5.29. The number of benzene rings is 1. The van der Waals surface area contributed by atoms with Crippen LogP contribution in [-0.4, -0.2) is 30.9 Å². The molecule has 1 atom stereocenters. The maximum Gasteiger partial charge on any atom is 0.197 e. The van der Waals surface area contributed by atoms with E-state index in [9.17, 15) is 9.18 Å². The van der Waals surface area contributed by atoms with Crippen LogP contribution in [0, 0.1) is 5.82 Å². The Morgan fingerprint density at radius 3 is 2.76 bits per heavy atom. The summed E-state index contributed by atoms with van der Waals surface area (Å²) < 4.78 is 18.2. The van der Waals surface area contributed by atoms with Crippen LogP contribution in [0.25, 0.3) is 0 Å². The van der Waals surface area contributed by atoms with Gasteiger partial charge in [-0.15, -0.1) is 0 Å². The van der Waals surface area contributed by atoms with Crippen LogP contribution in [0.5, 0.6) is 5.75 Å². The predicted octanol–water partition coefficient (Wildman–Crippen LogP) is 2.24. The molecule has 0 aliphatic heterocycles. The summed E-state index contributed by atoms with van der Waals surface area (Å²) in [4.78, 5) is 13.4. The minimum Gasteiger partial charge on any atom is -0.482 e. The van der Waals surface area contributed by atoms with E-state index in [0.29, 0.717) is 5.75 Å². The monoisotopic (exact) mass is 237 g/mol. The minimum atomic E-state index is -0.631. The van der Waals surface area contributed by atoms with E-state index in [0.717, 1.165) is 0 Å². The summed E-state index contributed by atoms with van der Waals surface area (Å²) in [7, 11) is 3.64. The van der Waals surface area contributed by atoms with Crippen molar-refractivity contribution >= 4 is 5.78 Å². The van der Waals surface area contributed by atoms with Crippen molar-refractivity contribution in [2.24, 2.45) is 0 Å². The summed E-state index contributed by atoms with van der Waals surface area (Å²) >= 11 is 0. The van der Waals surface area contributed by atoms with Crippen molar-refractivity contribution in [2.75, 3.05) is 14.1 Å². The summed E-state index contributed by atoms with van der Waals surface area (Å²) in [6.07, 6.45) is 2.45. The summed E-state index contributed by atoms with van der Waals surface area (Å²) in [5, 5.41) is 0. The van der Waals surface area contributed by atoms with Gasteiger partial charge in [-0.05, 0) is 19.1 Å². The molecule has 0 amide bonds. The zero-order valence-electron chi connectivity index (χ0n) is 10.2. The first-order valence-electron chi connectivity index (χ1n) is 5.29. The Bertz CT molecular complexity index is 416. The van der Waals surface area contributed by atoms with Gasteiger partial charge in [-0.3, -0.25) is 4.79 Å². The number of hydrogen-bond acceptors (Lipinski definition) is 3. The van der Waals surface area contributed by atoms with Crippen LogP contribution in [0.4, 0.5) is 4.39 Å². The van der Waals surface area contributed by atoms with Gasteiger partial charge in [0, 0.05) is 32.4 Å². The summed E-state index contributed by atoms with van der Waals surface area (Å²) in [6.45, 7) is 1.63. The maximum atomic E-state index is 12.9. The second-order valence-electron chi connectivity index (χ2n) is 3.90. The van der Waals surface area contributed by atoms with Crippen LogP contribution < -0.4 is 4.74 Å². The van der Waals surface area contributed by atoms with E-state index in [1.165, 1.54) is 24.3 Å². The molecule has 3 nitrogen and oxygen atoms in total. The zero-order valence-corrected chi connectivity index (χ0v) is 10.2. The van der Waals surface area contributed by atoms with E-state index >= 15 is 0 Å². The second kappa shape index (κ2) is 6.03. The van der Waals surface area contributed by atoms with Crippen molar-refractivity contribution in [3.63, 3.8) is 0 Å². The molecule has 1 rings (SSSR count). The fourth-order valence-electron chi connectivity index (χ4n) is 1.16. The summed E-state index contributed by atoms with van der Waals surface area (Å²) in [5.41, 5.74) is 0. The molecule has 17 heavy (non-hydrogen) atoms. The minimum absolute atomic E-state index is 0.164. The van der Waals surface area contributed by atoms with Gasteiger partial charge in [0.25, 0.3) is 0 Å². The number of rotatable bonds is 5. The smallest absolute Gasteiger partial charge is 0.197 e. The second-order valence-corrected chi connectivity index (χ2v) is 3.90. The largest absolute Gasteiger partial charge is 0.482 e. The molecule has 0 aromatic heterocycles. The highest BCUT2D eigenvalue weighted by molar-refractivity contribution is 5.93. The molecule has 0 fully saturated rings. The maximum absolute atomic E-state index is 12.9. The van der Waals surface area contributed by atoms with Crippen LogP contribution >= 0.6 is 0 Å². The third kappa shape index (κ3) is 4.68. The first-order chi connectivity index (χ1) is 7.99. The Morgan fingerprint density at radius 1 is 1.47 bits per heavy atom. The lowest BCUT2D eigenvalue weighted by Crippen LogP contribution is -2.22. The van der Waals surface area contributed by atoms with Gasteiger partial charge in [0.1, 0.15) is 11.6 Å². The Hall–Kier alpha value is -1.84. The van der Waals surface area contributed by atoms with E-state index in [2.05, 4.69) is 0 Å². The van der Waals surface area contributed by atoms with Gasteiger partial charge in [-0.2, -0.15) is 0 Å². The standard InChI is InChI=1S/C13H16FNO2/c1-10(13(16)7-8-15(2)3)17-12-6-4-5-11(14)9-12/h4-10H,1-3H3/t10-/m1/s1. The number of nitrogens with zero attached hydrogens (tertiary/aromatic N) is 1. The normalized spacial score (nSPS) is 12.5. The average Bonchev–Trinajstić information content (AvgIpc) is 2.25. The van der Waals surface area contributed by atoms with Gasteiger partial charge >= 0.3 is 0 Å².